The lowest BCUT2D eigenvalue weighted by Crippen LogP contribution is -2.54. The molecule has 2 aliphatic rings. The summed E-state index contributed by atoms with van der Waals surface area (Å²) in [4.78, 5) is 2.55. The van der Waals surface area contributed by atoms with Crippen LogP contribution in [0, 0.1) is 5.92 Å². The lowest BCUT2D eigenvalue weighted by atomic mass is 9.90. The van der Waals surface area contributed by atoms with Gasteiger partial charge in [0.2, 0.25) is 0 Å². The predicted octanol–water partition coefficient (Wildman–Crippen LogP) is 0.707. The molecule has 82 valence electrons. The first kappa shape index (κ1) is 10.4. The van der Waals surface area contributed by atoms with Crippen molar-refractivity contribution >= 4 is 0 Å². The molecule has 1 atom stereocenters. The molecule has 0 unspecified atom stereocenters. The van der Waals surface area contributed by atoms with E-state index in [0.717, 1.165) is 25.7 Å². The summed E-state index contributed by atoms with van der Waals surface area (Å²) in [6.07, 6.45) is 2.49. The first-order valence-corrected chi connectivity index (χ1v) is 5.93. The van der Waals surface area contributed by atoms with Gasteiger partial charge in [0.15, 0.2) is 0 Å². The molecule has 2 rings (SSSR count). The van der Waals surface area contributed by atoms with Gasteiger partial charge in [-0.1, -0.05) is 6.92 Å². The Balaban J connectivity index is 1.83. The van der Waals surface area contributed by atoms with Gasteiger partial charge in [0.05, 0.1) is 0 Å². The lowest BCUT2D eigenvalue weighted by molar-refractivity contribution is 0.0414. The highest BCUT2D eigenvalue weighted by atomic mass is 16.5. The second-order valence-electron chi connectivity index (χ2n) is 4.40. The first-order valence-electron chi connectivity index (χ1n) is 5.93. The third-order valence-electron chi connectivity index (χ3n) is 3.57. The van der Waals surface area contributed by atoms with E-state index in [1.807, 2.05) is 0 Å². The minimum Gasteiger partial charge on any atom is -0.381 e. The topological polar surface area (TPSA) is 24.5 Å². The van der Waals surface area contributed by atoms with Crippen molar-refractivity contribution in [3.8, 4) is 0 Å². The van der Waals surface area contributed by atoms with E-state index in [2.05, 4.69) is 17.1 Å². The molecule has 14 heavy (non-hydrogen) atoms. The van der Waals surface area contributed by atoms with Crippen LogP contribution in [0.25, 0.3) is 0 Å². The van der Waals surface area contributed by atoms with E-state index in [1.54, 1.807) is 0 Å². The molecule has 2 fully saturated rings. The van der Waals surface area contributed by atoms with Crippen molar-refractivity contribution < 1.29 is 4.74 Å². The molecule has 3 nitrogen and oxygen atoms in total. The Morgan fingerprint density at radius 2 is 2.14 bits per heavy atom. The van der Waals surface area contributed by atoms with E-state index in [1.165, 1.54) is 32.5 Å². The van der Waals surface area contributed by atoms with Crippen LogP contribution in [0.4, 0.5) is 0 Å². The zero-order valence-electron chi connectivity index (χ0n) is 9.17. The monoisotopic (exact) mass is 198 g/mol. The molecule has 0 aliphatic carbocycles. The molecule has 0 aromatic heterocycles. The highest BCUT2D eigenvalue weighted by Crippen LogP contribution is 2.20. The number of rotatable bonds is 2. The number of hydrogen-bond donors (Lipinski definition) is 1. The van der Waals surface area contributed by atoms with Crippen molar-refractivity contribution in [2.75, 3.05) is 39.4 Å². The Labute approximate surface area is 86.8 Å². The maximum absolute atomic E-state index is 5.40. The number of piperazine rings is 1. The summed E-state index contributed by atoms with van der Waals surface area (Å²) in [5, 5.41) is 3.66. The molecule has 0 aromatic rings. The van der Waals surface area contributed by atoms with E-state index in [9.17, 15) is 0 Å². The Morgan fingerprint density at radius 1 is 1.36 bits per heavy atom. The predicted molar refractivity (Wildman–Crippen MR) is 57.4 cm³/mol. The molecule has 3 heteroatoms. The van der Waals surface area contributed by atoms with E-state index in [-0.39, 0.29) is 0 Å². The third-order valence-corrected chi connectivity index (χ3v) is 3.57. The lowest BCUT2D eigenvalue weighted by Gasteiger charge is -2.38. The average Bonchev–Trinajstić information content (AvgIpc) is 2.30. The van der Waals surface area contributed by atoms with Crippen LogP contribution in [-0.4, -0.2) is 50.3 Å². The highest BCUT2D eigenvalue weighted by Gasteiger charge is 2.27. The third kappa shape index (κ3) is 2.47. The smallest absolute Gasteiger partial charge is 0.0469 e. The summed E-state index contributed by atoms with van der Waals surface area (Å²) < 4.78 is 5.40. The zero-order chi connectivity index (χ0) is 9.80. The molecular weight excluding hydrogens is 176 g/mol. The Hall–Kier alpha value is -0.120. The van der Waals surface area contributed by atoms with Crippen molar-refractivity contribution in [1.82, 2.24) is 10.2 Å². The van der Waals surface area contributed by atoms with Gasteiger partial charge < -0.3 is 15.0 Å². The summed E-state index contributed by atoms with van der Waals surface area (Å²) in [7, 11) is 0. The van der Waals surface area contributed by atoms with Gasteiger partial charge in [0.25, 0.3) is 0 Å². The van der Waals surface area contributed by atoms with Gasteiger partial charge in [-0.25, -0.2) is 0 Å². The normalized spacial score (nSPS) is 31.9. The maximum atomic E-state index is 5.40. The van der Waals surface area contributed by atoms with Crippen molar-refractivity contribution in [3.63, 3.8) is 0 Å². The molecule has 0 radical (unpaired) electrons. The van der Waals surface area contributed by atoms with E-state index in [0.29, 0.717) is 6.04 Å². The zero-order valence-corrected chi connectivity index (χ0v) is 9.17. The molecular formula is C11H22N2O. The van der Waals surface area contributed by atoms with Crippen molar-refractivity contribution in [1.29, 1.82) is 0 Å². The fourth-order valence-corrected chi connectivity index (χ4v) is 2.56. The van der Waals surface area contributed by atoms with Gasteiger partial charge in [0, 0.05) is 38.9 Å². The van der Waals surface area contributed by atoms with Crippen LogP contribution in [0.15, 0.2) is 0 Å². The van der Waals surface area contributed by atoms with Crippen LogP contribution in [0.3, 0.4) is 0 Å². The number of nitrogens with zero attached hydrogens (tertiary/aromatic N) is 1. The number of nitrogens with one attached hydrogen (secondary N) is 1. The fourth-order valence-electron chi connectivity index (χ4n) is 2.56. The molecule has 0 amide bonds. The summed E-state index contributed by atoms with van der Waals surface area (Å²) in [6.45, 7) is 9.00. The van der Waals surface area contributed by atoms with Gasteiger partial charge in [0.1, 0.15) is 0 Å². The molecule has 1 N–H and O–H groups in total. The largest absolute Gasteiger partial charge is 0.381 e. The second kappa shape index (κ2) is 5.10. The molecule has 0 saturated carbocycles. The van der Waals surface area contributed by atoms with Gasteiger partial charge in [-0.2, -0.15) is 0 Å². The van der Waals surface area contributed by atoms with E-state index in [4.69, 9.17) is 4.74 Å². The van der Waals surface area contributed by atoms with Gasteiger partial charge in [-0.3, -0.25) is 0 Å². The summed E-state index contributed by atoms with van der Waals surface area (Å²) >= 11 is 0. The van der Waals surface area contributed by atoms with Gasteiger partial charge in [-0.05, 0) is 25.3 Å². The Kier molecular flexibility index (Phi) is 3.79. The average molecular weight is 198 g/mol. The van der Waals surface area contributed by atoms with Crippen LogP contribution >= 0.6 is 0 Å². The maximum Gasteiger partial charge on any atom is 0.0469 e. The van der Waals surface area contributed by atoms with Gasteiger partial charge in [-0.15, -0.1) is 0 Å². The van der Waals surface area contributed by atoms with Crippen LogP contribution < -0.4 is 5.32 Å². The molecule has 0 bridgehead atoms. The molecule has 2 saturated heterocycles. The number of ether oxygens (including phenoxy) is 1. The molecule has 2 aliphatic heterocycles. The number of hydrogen-bond acceptors (Lipinski definition) is 3. The minimum atomic E-state index is 0.715. The van der Waals surface area contributed by atoms with E-state index >= 15 is 0 Å². The van der Waals surface area contributed by atoms with Crippen molar-refractivity contribution in [3.05, 3.63) is 0 Å². The summed E-state index contributed by atoms with van der Waals surface area (Å²) in [5.41, 5.74) is 0. The van der Waals surface area contributed by atoms with Crippen LogP contribution in [0.1, 0.15) is 19.8 Å². The molecule has 2 heterocycles. The standard InChI is InChI=1S/C11H22N2O/c1-2-13-6-5-12-11(9-13)10-3-7-14-8-4-10/h10-12H,2-9H2,1H3/t11-/m1/s1. The Morgan fingerprint density at radius 3 is 2.86 bits per heavy atom. The number of likely N-dealkylation sites (N-methyl/N-ethyl adjacent to an activating group) is 1. The van der Waals surface area contributed by atoms with E-state index < -0.39 is 0 Å². The van der Waals surface area contributed by atoms with Crippen molar-refractivity contribution in [2.45, 2.75) is 25.8 Å². The highest BCUT2D eigenvalue weighted by molar-refractivity contribution is 4.84. The Bertz CT molecular complexity index is 169. The summed E-state index contributed by atoms with van der Waals surface area (Å²) in [6, 6.07) is 0.715. The minimum absolute atomic E-state index is 0.715. The van der Waals surface area contributed by atoms with Crippen LogP contribution in [0.5, 0.6) is 0 Å². The molecule has 0 spiro atoms. The summed E-state index contributed by atoms with van der Waals surface area (Å²) in [5.74, 6) is 0.845. The van der Waals surface area contributed by atoms with Crippen molar-refractivity contribution in [2.24, 2.45) is 5.92 Å². The first-order chi connectivity index (χ1) is 6.90. The van der Waals surface area contributed by atoms with Crippen LogP contribution in [0.2, 0.25) is 0 Å². The fraction of sp³-hybridized carbons (Fsp3) is 1.00. The molecule has 0 aromatic carbocycles. The SMILES string of the molecule is CCN1CCN[C@@H](C2CCOCC2)C1. The second-order valence-corrected chi connectivity index (χ2v) is 4.40. The van der Waals surface area contributed by atoms with Crippen LogP contribution in [-0.2, 0) is 4.74 Å². The van der Waals surface area contributed by atoms with Gasteiger partial charge >= 0.3 is 0 Å². The quantitative estimate of drug-likeness (QED) is 0.707.